The number of anilines is 1. The molecular weight excluding hydrogens is 254 g/mol. The molecule has 1 saturated carbocycles. The number of ether oxygens (including phenoxy) is 2. The predicted molar refractivity (Wildman–Crippen MR) is 76.0 cm³/mol. The fourth-order valence-electron chi connectivity index (χ4n) is 2.66. The maximum Gasteiger partial charge on any atom is 0.0995 e. The first kappa shape index (κ1) is 14.8. The van der Waals surface area contributed by atoms with E-state index in [2.05, 4.69) is 11.1 Å². The standard InChI is InChI=1S/C15H21N3O2/c1-19-8-9-20-13-4-6-15(11-16,7-5-13)14-3-2-12(17)10-18-14/h2-3,10,13H,4-9,17H2,1H3. The summed E-state index contributed by atoms with van der Waals surface area (Å²) in [6.45, 7) is 1.22. The smallest absolute Gasteiger partial charge is 0.0995 e. The summed E-state index contributed by atoms with van der Waals surface area (Å²) in [5.74, 6) is 0. The van der Waals surface area contributed by atoms with Crippen LogP contribution in [0.2, 0.25) is 0 Å². The van der Waals surface area contributed by atoms with Crippen molar-refractivity contribution in [2.75, 3.05) is 26.1 Å². The third-order valence-corrected chi connectivity index (χ3v) is 3.92. The summed E-state index contributed by atoms with van der Waals surface area (Å²) < 4.78 is 10.7. The van der Waals surface area contributed by atoms with Gasteiger partial charge in [0.15, 0.2) is 0 Å². The van der Waals surface area contributed by atoms with Gasteiger partial charge in [0.25, 0.3) is 0 Å². The number of methoxy groups -OCH3 is 1. The zero-order chi connectivity index (χ0) is 14.4. The molecule has 0 bridgehead atoms. The van der Waals surface area contributed by atoms with Gasteiger partial charge in [0.1, 0.15) is 0 Å². The molecule has 0 atom stereocenters. The molecule has 0 amide bonds. The summed E-state index contributed by atoms with van der Waals surface area (Å²) in [6.07, 6.45) is 5.15. The number of nitrogens with two attached hydrogens (primary N) is 1. The van der Waals surface area contributed by atoms with Crippen LogP contribution < -0.4 is 5.73 Å². The highest BCUT2D eigenvalue weighted by atomic mass is 16.5. The van der Waals surface area contributed by atoms with Gasteiger partial charge in [-0.15, -0.1) is 0 Å². The van der Waals surface area contributed by atoms with Crippen molar-refractivity contribution in [3.8, 4) is 6.07 Å². The molecule has 1 aromatic heterocycles. The maximum atomic E-state index is 9.58. The minimum absolute atomic E-state index is 0.223. The Labute approximate surface area is 119 Å². The second-order valence-electron chi connectivity index (χ2n) is 5.23. The van der Waals surface area contributed by atoms with Crippen molar-refractivity contribution in [1.82, 2.24) is 4.98 Å². The second-order valence-corrected chi connectivity index (χ2v) is 5.23. The zero-order valence-electron chi connectivity index (χ0n) is 11.8. The average molecular weight is 275 g/mol. The number of nitrogens with zero attached hydrogens (tertiary/aromatic N) is 2. The van der Waals surface area contributed by atoms with Gasteiger partial charge < -0.3 is 15.2 Å². The van der Waals surface area contributed by atoms with Crippen LogP contribution in [0.4, 0.5) is 5.69 Å². The monoisotopic (exact) mass is 275 g/mol. The highest BCUT2D eigenvalue weighted by Crippen LogP contribution is 2.39. The Hall–Kier alpha value is -1.64. The van der Waals surface area contributed by atoms with Gasteiger partial charge in [-0.1, -0.05) is 0 Å². The Kier molecular flexibility index (Phi) is 4.94. The van der Waals surface area contributed by atoms with E-state index in [1.54, 1.807) is 13.3 Å². The minimum Gasteiger partial charge on any atom is -0.397 e. The first-order valence-corrected chi connectivity index (χ1v) is 6.94. The number of nitrogen functional groups attached to an aromatic ring is 1. The molecule has 2 N–H and O–H groups in total. The summed E-state index contributed by atoms with van der Waals surface area (Å²) in [7, 11) is 1.66. The molecule has 0 radical (unpaired) electrons. The van der Waals surface area contributed by atoms with Crippen molar-refractivity contribution in [3.05, 3.63) is 24.0 Å². The van der Waals surface area contributed by atoms with E-state index in [-0.39, 0.29) is 6.10 Å². The Balaban J connectivity index is 1.98. The van der Waals surface area contributed by atoms with Crippen LogP contribution in [0.1, 0.15) is 31.4 Å². The van der Waals surface area contributed by atoms with E-state index in [0.29, 0.717) is 18.9 Å². The van der Waals surface area contributed by atoms with Gasteiger partial charge in [-0.3, -0.25) is 4.98 Å². The largest absolute Gasteiger partial charge is 0.397 e. The minimum atomic E-state index is -0.491. The van der Waals surface area contributed by atoms with Crippen LogP contribution in [-0.2, 0) is 14.9 Å². The summed E-state index contributed by atoms with van der Waals surface area (Å²) in [6, 6.07) is 6.13. The topological polar surface area (TPSA) is 81.2 Å². The SMILES string of the molecule is COCCOC1CCC(C#N)(c2ccc(N)cn2)CC1. The maximum absolute atomic E-state index is 9.58. The van der Waals surface area contributed by atoms with E-state index in [1.165, 1.54) is 0 Å². The molecule has 108 valence electrons. The Bertz CT molecular complexity index is 459. The van der Waals surface area contributed by atoms with Gasteiger partial charge in [0.2, 0.25) is 0 Å². The van der Waals surface area contributed by atoms with Crippen molar-refractivity contribution in [3.63, 3.8) is 0 Å². The third-order valence-electron chi connectivity index (χ3n) is 3.92. The molecule has 1 heterocycles. The highest BCUT2D eigenvalue weighted by Gasteiger charge is 2.38. The van der Waals surface area contributed by atoms with Crippen LogP contribution in [0.25, 0.3) is 0 Å². The summed E-state index contributed by atoms with van der Waals surface area (Å²) in [4.78, 5) is 4.34. The van der Waals surface area contributed by atoms with Crippen molar-refractivity contribution in [1.29, 1.82) is 5.26 Å². The van der Waals surface area contributed by atoms with Crippen LogP contribution in [-0.4, -0.2) is 31.4 Å². The first-order chi connectivity index (χ1) is 9.70. The lowest BCUT2D eigenvalue weighted by atomic mass is 9.72. The van der Waals surface area contributed by atoms with Crippen molar-refractivity contribution in [2.24, 2.45) is 0 Å². The van der Waals surface area contributed by atoms with E-state index in [0.717, 1.165) is 31.4 Å². The van der Waals surface area contributed by atoms with Crippen LogP contribution in [0, 0.1) is 11.3 Å². The number of hydrogen-bond donors (Lipinski definition) is 1. The van der Waals surface area contributed by atoms with Gasteiger partial charge >= 0.3 is 0 Å². The molecule has 0 aliphatic heterocycles. The lowest BCUT2D eigenvalue weighted by Gasteiger charge is -2.34. The summed E-state index contributed by atoms with van der Waals surface area (Å²) >= 11 is 0. The van der Waals surface area contributed by atoms with E-state index in [9.17, 15) is 5.26 Å². The van der Waals surface area contributed by atoms with E-state index in [4.69, 9.17) is 15.2 Å². The fraction of sp³-hybridized carbons (Fsp3) is 0.600. The fourth-order valence-corrected chi connectivity index (χ4v) is 2.66. The van der Waals surface area contributed by atoms with Gasteiger partial charge in [0.05, 0.1) is 48.4 Å². The van der Waals surface area contributed by atoms with Crippen LogP contribution in [0.15, 0.2) is 18.3 Å². The third kappa shape index (κ3) is 3.27. The summed E-state index contributed by atoms with van der Waals surface area (Å²) in [5, 5.41) is 9.58. The molecule has 1 fully saturated rings. The molecule has 2 rings (SSSR count). The van der Waals surface area contributed by atoms with Gasteiger partial charge in [-0.2, -0.15) is 5.26 Å². The van der Waals surface area contributed by atoms with Crippen molar-refractivity contribution < 1.29 is 9.47 Å². The van der Waals surface area contributed by atoms with Gasteiger partial charge in [-0.05, 0) is 37.8 Å². The highest BCUT2D eigenvalue weighted by molar-refractivity contribution is 5.38. The second kappa shape index (κ2) is 6.69. The number of aromatic nitrogens is 1. The van der Waals surface area contributed by atoms with Crippen molar-refractivity contribution >= 4 is 5.69 Å². The number of pyridine rings is 1. The normalized spacial score (nSPS) is 26.1. The van der Waals surface area contributed by atoms with Crippen molar-refractivity contribution in [2.45, 2.75) is 37.2 Å². The first-order valence-electron chi connectivity index (χ1n) is 6.94. The van der Waals surface area contributed by atoms with Gasteiger partial charge in [0, 0.05) is 7.11 Å². The zero-order valence-corrected chi connectivity index (χ0v) is 11.8. The predicted octanol–water partition coefficient (Wildman–Crippen LogP) is 2.03. The molecule has 20 heavy (non-hydrogen) atoms. The summed E-state index contributed by atoms with van der Waals surface area (Å²) in [5.41, 5.74) is 6.61. The molecule has 0 aromatic carbocycles. The van der Waals surface area contributed by atoms with Gasteiger partial charge in [-0.25, -0.2) is 0 Å². The molecule has 1 aliphatic carbocycles. The molecule has 0 spiro atoms. The average Bonchev–Trinajstić information content (AvgIpc) is 2.49. The Morgan fingerprint density at radius 3 is 2.70 bits per heavy atom. The molecule has 5 heteroatoms. The van der Waals surface area contributed by atoms with E-state index < -0.39 is 5.41 Å². The van der Waals surface area contributed by atoms with Crippen LogP contribution in [0.3, 0.4) is 0 Å². The van der Waals surface area contributed by atoms with E-state index >= 15 is 0 Å². The van der Waals surface area contributed by atoms with Crippen LogP contribution >= 0.6 is 0 Å². The molecule has 0 unspecified atom stereocenters. The Morgan fingerprint density at radius 2 is 2.15 bits per heavy atom. The number of nitriles is 1. The number of hydrogen-bond acceptors (Lipinski definition) is 5. The Morgan fingerprint density at radius 1 is 1.40 bits per heavy atom. The molecule has 5 nitrogen and oxygen atoms in total. The molecular formula is C15H21N3O2. The van der Waals surface area contributed by atoms with E-state index in [1.807, 2.05) is 12.1 Å². The molecule has 1 aliphatic rings. The van der Waals surface area contributed by atoms with Crippen LogP contribution in [0.5, 0.6) is 0 Å². The number of rotatable bonds is 5. The quantitative estimate of drug-likeness (QED) is 0.831. The lowest BCUT2D eigenvalue weighted by molar-refractivity contribution is -0.00749. The molecule has 0 saturated heterocycles. The molecule has 1 aromatic rings. The lowest BCUT2D eigenvalue weighted by Crippen LogP contribution is -2.34.